The maximum atomic E-state index is 12.2. The fourth-order valence-electron chi connectivity index (χ4n) is 3.50. The maximum Gasteiger partial charge on any atom is 0.225 e. The number of carbonyl (C=O) groups excluding carboxylic acids is 1. The molecule has 2 aromatic carbocycles. The number of para-hydroxylation sites is 1. The molecule has 0 spiro atoms. The standard InChI is InChI=1S/C19H19NO3/c21-18-7-4-12-19(20(18)13-14-22-19)15-8-10-17(11-9-15)23-16-5-2-1-3-6-16/h1-3,5-6,8-11H,4,7,12-14H2. The van der Waals surface area contributed by atoms with Crippen LogP contribution in [0.1, 0.15) is 24.8 Å². The zero-order valence-electron chi connectivity index (χ0n) is 12.9. The second-order valence-electron chi connectivity index (χ2n) is 5.97. The Bertz CT molecular complexity index is 698. The van der Waals surface area contributed by atoms with Crippen LogP contribution in [0, 0.1) is 0 Å². The molecule has 2 saturated heterocycles. The van der Waals surface area contributed by atoms with Crippen molar-refractivity contribution in [2.75, 3.05) is 13.2 Å². The average molecular weight is 309 g/mol. The van der Waals surface area contributed by atoms with Gasteiger partial charge in [0.05, 0.1) is 6.61 Å². The molecule has 1 unspecified atom stereocenters. The summed E-state index contributed by atoms with van der Waals surface area (Å²) < 4.78 is 11.9. The summed E-state index contributed by atoms with van der Waals surface area (Å²) in [5.41, 5.74) is 0.462. The summed E-state index contributed by atoms with van der Waals surface area (Å²) in [6.45, 7) is 1.29. The van der Waals surface area contributed by atoms with E-state index in [0.717, 1.165) is 29.9 Å². The summed E-state index contributed by atoms with van der Waals surface area (Å²) in [5, 5.41) is 0. The molecule has 2 aliphatic heterocycles. The van der Waals surface area contributed by atoms with E-state index in [9.17, 15) is 4.79 Å². The molecule has 2 fully saturated rings. The Morgan fingerprint density at radius 1 is 1.00 bits per heavy atom. The van der Waals surface area contributed by atoms with Gasteiger partial charge in [-0.15, -0.1) is 0 Å². The van der Waals surface area contributed by atoms with Gasteiger partial charge in [-0.3, -0.25) is 4.79 Å². The molecule has 2 aliphatic rings. The molecule has 118 valence electrons. The van der Waals surface area contributed by atoms with Gasteiger partial charge in [0, 0.05) is 24.9 Å². The predicted octanol–water partition coefficient (Wildman–Crippen LogP) is 3.67. The van der Waals surface area contributed by atoms with Gasteiger partial charge in [-0.05, 0) is 30.7 Å². The van der Waals surface area contributed by atoms with E-state index in [1.165, 1.54) is 0 Å². The Hall–Kier alpha value is -2.33. The van der Waals surface area contributed by atoms with E-state index in [-0.39, 0.29) is 5.91 Å². The molecule has 2 heterocycles. The van der Waals surface area contributed by atoms with Crippen LogP contribution in [0.3, 0.4) is 0 Å². The highest BCUT2D eigenvalue weighted by Gasteiger charge is 2.48. The Morgan fingerprint density at radius 2 is 1.74 bits per heavy atom. The third kappa shape index (κ3) is 2.49. The van der Waals surface area contributed by atoms with Gasteiger partial charge < -0.3 is 14.4 Å². The summed E-state index contributed by atoms with van der Waals surface area (Å²) in [6, 6.07) is 17.6. The number of hydrogen-bond acceptors (Lipinski definition) is 3. The zero-order valence-corrected chi connectivity index (χ0v) is 12.9. The first-order valence-electron chi connectivity index (χ1n) is 8.06. The summed E-state index contributed by atoms with van der Waals surface area (Å²) in [4.78, 5) is 14.1. The first kappa shape index (κ1) is 14.3. The van der Waals surface area contributed by atoms with E-state index >= 15 is 0 Å². The number of nitrogens with zero attached hydrogens (tertiary/aromatic N) is 1. The van der Waals surface area contributed by atoms with Crippen molar-refractivity contribution in [2.24, 2.45) is 0 Å². The van der Waals surface area contributed by atoms with E-state index in [0.29, 0.717) is 19.6 Å². The lowest BCUT2D eigenvalue weighted by atomic mass is 9.91. The summed E-state index contributed by atoms with van der Waals surface area (Å²) in [5.74, 6) is 1.78. The number of piperidine rings is 1. The lowest BCUT2D eigenvalue weighted by molar-refractivity contribution is -0.160. The molecule has 4 heteroatoms. The van der Waals surface area contributed by atoms with E-state index < -0.39 is 5.72 Å². The number of amides is 1. The minimum atomic E-state index is -0.569. The van der Waals surface area contributed by atoms with Crippen LogP contribution in [-0.4, -0.2) is 24.0 Å². The first-order chi connectivity index (χ1) is 11.3. The van der Waals surface area contributed by atoms with Crippen molar-refractivity contribution < 1.29 is 14.3 Å². The minimum absolute atomic E-state index is 0.193. The normalized spacial score (nSPS) is 23.7. The van der Waals surface area contributed by atoms with Crippen molar-refractivity contribution in [1.29, 1.82) is 0 Å². The molecule has 0 saturated carbocycles. The maximum absolute atomic E-state index is 12.2. The highest BCUT2D eigenvalue weighted by Crippen LogP contribution is 2.42. The van der Waals surface area contributed by atoms with Crippen LogP contribution < -0.4 is 4.74 Å². The lowest BCUT2D eigenvalue weighted by Gasteiger charge is -2.41. The molecule has 1 amide bonds. The summed E-state index contributed by atoms with van der Waals surface area (Å²) in [7, 11) is 0. The summed E-state index contributed by atoms with van der Waals surface area (Å²) >= 11 is 0. The fraction of sp³-hybridized carbons (Fsp3) is 0.316. The second kappa shape index (κ2) is 5.70. The molecular formula is C19H19NO3. The van der Waals surface area contributed by atoms with Crippen molar-refractivity contribution >= 4 is 5.91 Å². The molecule has 4 nitrogen and oxygen atoms in total. The molecule has 1 atom stereocenters. The van der Waals surface area contributed by atoms with Crippen LogP contribution in [0.4, 0.5) is 0 Å². The van der Waals surface area contributed by atoms with Gasteiger partial charge in [0.25, 0.3) is 0 Å². The van der Waals surface area contributed by atoms with Crippen molar-refractivity contribution in [3.05, 3.63) is 60.2 Å². The molecule has 23 heavy (non-hydrogen) atoms. The van der Waals surface area contributed by atoms with Crippen molar-refractivity contribution in [2.45, 2.75) is 25.0 Å². The molecule has 2 aromatic rings. The largest absolute Gasteiger partial charge is 0.457 e. The molecule has 0 radical (unpaired) electrons. The van der Waals surface area contributed by atoms with Crippen LogP contribution >= 0.6 is 0 Å². The quantitative estimate of drug-likeness (QED) is 0.868. The van der Waals surface area contributed by atoms with Gasteiger partial charge in [0.2, 0.25) is 5.91 Å². The van der Waals surface area contributed by atoms with Crippen LogP contribution in [0.25, 0.3) is 0 Å². The number of ether oxygens (including phenoxy) is 2. The molecule has 0 bridgehead atoms. The third-order valence-electron chi connectivity index (χ3n) is 4.58. The molecule has 0 N–H and O–H groups in total. The van der Waals surface area contributed by atoms with Gasteiger partial charge in [-0.2, -0.15) is 0 Å². The Morgan fingerprint density at radius 3 is 2.52 bits per heavy atom. The van der Waals surface area contributed by atoms with Gasteiger partial charge in [-0.1, -0.05) is 30.3 Å². The Kier molecular flexibility index (Phi) is 3.54. The summed E-state index contributed by atoms with van der Waals surface area (Å²) in [6.07, 6.45) is 2.36. The van der Waals surface area contributed by atoms with E-state index in [2.05, 4.69) is 0 Å². The topological polar surface area (TPSA) is 38.8 Å². The van der Waals surface area contributed by atoms with Crippen LogP contribution in [-0.2, 0) is 15.3 Å². The van der Waals surface area contributed by atoms with Gasteiger partial charge in [0.15, 0.2) is 5.72 Å². The third-order valence-corrected chi connectivity index (χ3v) is 4.58. The van der Waals surface area contributed by atoms with Crippen LogP contribution in [0.15, 0.2) is 54.6 Å². The average Bonchev–Trinajstić information content (AvgIpc) is 3.03. The number of fused-ring (bicyclic) bond motifs is 1. The molecule has 4 rings (SSSR count). The highest BCUT2D eigenvalue weighted by atomic mass is 16.5. The Balaban J connectivity index is 1.59. The van der Waals surface area contributed by atoms with Crippen molar-refractivity contribution in [3.63, 3.8) is 0 Å². The zero-order chi connectivity index (χ0) is 15.7. The van der Waals surface area contributed by atoms with E-state index in [1.54, 1.807) is 0 Å². The van der Waals surface area contributed by atoms with Gasteiger partial charge in [-0.25, -0.2) is 0 Å². The fourth-order valence-corrected chi connectivity index (χ4v) is 3.50. The first-order valence-corrected chi connectivity index (χ1v) is 8.06. The molecular weight excluding hydrogens is 290 g/mol. The Labute approximate surface area is 135 Å². The number of carbonyl (C=O) groups is 1. The highest BCUT2D eigenvalue weighted by molar-refractivity contribution is 5.78. The van der Waals surface area contributed by atoms with Crippen molar-refractivity contribution in [3.8, 4) is 11.5 Å². The van der Waals surface area contributed by atoms with E-state index in [1.807, 2.05) is 59.5 Å². The molecule has 0 aromatic heterocycles. The van der Waals surface area contributed by atoms with Gasteiger partial charge in [0.1, 0.15) is 11.5 Å². The van der Waals surface area contributed by atoms with Gasteiger partial charge >= 0.3 is 0 Å². The lowest BCUT2D eigenvalue weighted by Crippen LogP contribution is -2.48. The SMILES string of the molecule is O=C1CCCC2(c3ccc(Oc4ccccc4)cc3)OCCN12. The second-order valence-corrected chi connectivity index (χ2v) is 5.97. The minimum Gasteiger partial charge on any atom is -0.457 e. The number of benzene rings is 2. The predicted molar refractivity (Wildman–Crippen MR) is 86.2 cm³/mol. The number of rotatable bonds is 3. The smallest absolute Gasteiger partial charge is 0.225 e. The monoisotopic (exact) mass is 309 g/mol. The van der Waals surface area contributed by atoms with Crippen LogP contribution in [0.5, 0.6) is 11.5 Å². The van der Waals surface area contributed by atoms with Crippen molar-refractivity contribution in [1.82, 2.24) is 4.90 Å². The van der Waals surface area contributed by atoms with E-state index in [4.69, 9.17) is 9.47 Å². The molecule has 0 aliphatic carbocycles. The number of hydrogen-bond donors (Lipinski definition) is 0. The van der Waals surface area contributed by atoms with Crippen LogP contribution in [0.2, 0.25) is 0 Å².